The van der Waals surface area contributed by atoms with Gasteiger partial charge >= 0.3 is 0 Å². The second-order valence-electron chi connectivity index (χ2n) is 5.50. The molecular weight excluding hydrogens is 406 g/mol. The molecule has 10 heteroatoms. The third-order valence-corrected chi connectivity index (χ3v) is 6.43. The molecule has 0 radical (unpaired) electrons. The predicted octanol–water partition coefficient (Wildman–Crippen LogP) is 2.20. The normalized spacial score (nSPS) is 13.0. The van der Waals surface area contributed by atoms with E-state index in [0.717, 1.165) is 10.4 Å². The minimum absolute atomic E-state index is 0.0191. The third-order valence-electron chi connectivity index (χ3n) is 3.64. The van der Waals surface area contributed by atoms with Crippen LogP contribution in [0.4, 0.5) is 0 Å². The largest absolute Gasteiger partial charge is 0.383 e. The van der Waals surface area contributed by atoms with E-state index in [1.54, 1.807) is 19.3 Å². The average molecular weight is 424 g/mol. The molecule has 1 amide bonds. The van der Waals surface area contributed by atoms with Crippen LogP contribution in [0.2, 0.25) is 0 Å². The molecule has 0 saturated heterocycles. The minimum atomic E-state index is -3.81. The molecule has 0 atom stereocenters. The maximum absolute atomic E-state index is 12.2. The van der Waals surface area contributed by atoms with Crippen molar-refractivity contribution >= 4 is 54.9 Å². The van der Waals surface area contributed by atoms with Gasteiger partial charge in [0.1, 0.15) is 0 Å². The molecule has 2 heterocycles. The molecule has 2 aromatic heterocycles. The summed E-state index contributed by atoms with van der Waals surface area (Å²) >= 11 is 2.75. The molecule has 0 unspecified atom stereocenters. The SMILES string of the molecule is COCCn1c(=NC(=O)C=Cc2cccs2)sc2cc(S(N)(=O)=O)ccc21. The molecule has 0 aliphatic rings. The van der Waals surface area contributed by atoms with Gasteiger partial charge in [0.05, 0.1) is 21.7 Å². The van der Waals surface area contributed by atoms with Crippen molar-refractivity contribution in [3.8, 4) is 0 Å². The van der Waals surface area contributed by atoms with Crippen LogP contribution in [0, 0.1) is 0 Å². The number of carbonyl (C=O) groups is 1. The van der Waals surface area contributed by atoms with Crippen molar-refractivity contribution in [2.75, 3.05) is 13.7 Å². The quantitative estimate of drug-likeness (QED) is 0.614. The first-order valence-corrected chi connectivity index (χ1v) is 11.1. The van der Waals surface area contributed by atoms with Crippen LogP contribution in [-0.4, -0.2) is 32.6 Å². The van der Waals surface area contributed by atoms with Gasteiger partial charge in [-0.1, -0.05) is 17.4 Å². The van der Waals surface area contributed by atoms with Gasteiger partial charge < -0.3 is 9.30 Å². The van der Waals surface area contributed by atoms with Crippen LogP contribution in [0.25, 0.3) is 16.3 Å². The van der Waals surface area contributed by atoms with E-state index in [9.17, 15) is 13.2 Å². The number of thiophene rings is 1. The molecule has 0 bridgehead atoms. The number of primary sulfonamides is 1. The van der Waals surface area contributed by atoms with Gasteiger partial charge in [0.2, 0.25) is 10.0 Å². The van der Waals surface area contributed by atoms with Crippen molar-refractivity contribution in [1.29, 1.82) is 0 Å². The molecular formula is C17H17N3O4S3. The zero-order valence-electron chi connectivity index (χ0n) is 14.4. The fourth-order valence-electron chi connectivity index (χ4n) is 2.39. The number of nitrogens with two attached hydrogens (primary N) is 1. The van der Waals surface area contributed by atoms with Gasteiger partial charge in [-0.3, -0.25) is 4.79 Å². The van der Waals surface area contributed by atoms with Crippen LogP contribution in [0.15, 0.2) is 51.7 Å². The Balaban J connectivity index is 2.05. The summed E-state index contributed by atoms with van der Waals surface area (Å²) in [6.07, 6.45) is 3.12. The lowest BCUT2D eigenvalue weighted by atomic mass is 10.3. The van der Waals surface area contributed by atoms with E-state index in [2.05, 4.69) is 4.99 Å². The van der Waals surface area contributed by atoms with Gasteiger partial charge in [-0.05, 0) is 35.7 Å². The predicted molar refractivity (Wildman–Crippen MR) is 107 cm³/mol. The van der Waals surface area contributed by atoms with Crippen molar-refractivity contribution in [2.45, 2.75) is 11.4 Å². The molecule has 0 spiro atoms. The average Bonchev–Trinajstić information content (AvgIpc) is 3.24. The van der Waals surface area contributed by atoms with Crippen LogP contribution in [0.3, 0.4) is 0 Å². The summed E-state index contributed by atoms with van der Waals surface area (Å²) in [6, 6.07) is 8.40. The van der Waals surface area contributed by atoms with E-state index in [1.807, 2.05) is 22.1 Å². The summed E-state index contributed by atoms with van der Waals surface area (Å²) in [4.78, 5) is 17.8. The number of carbonyl (C=O) groups excluding carboxylic acids is 1. The first-order valence-electron chi connectivity index (χ1n) is 7.84. The summed E-state index contributed by atoms with van der Waals surface area (Å²) < 4.78 is 30.8. The third kappa shape index (κ3) is 4.79. The monoisotopic (exact) mass is 423 g/mol. The van der Waals surface area contributed by atoms with E-state index in [4.69, 9.17) is 9.88 Å². The van der Waals surface area contributed by atoms with E-state index in [0.29, 0.717) is 22.7 Å². The molecule has 3 aromatic rings. The van der Waals surface area contributed by atoms with Crippen molar-refractivity contribution in [1.82, 2.24) is 4.57 Å². The number of thiazole rings is 1. The zero-order chi connectivity index (χ0) is 19.4. The lowest BCUT2D eigenvalue weighted by Crippen LogP contribution is -2.19. The standard InChI is InChI=1S/C17H17N3O4S3/c1-24-9-8-20-14-6-5-13(27(18,22)23)11-15(14)26-17(20)19-16(21)7-4-12-3-2-10-25-12/h2-7,10-11H,8-9H2,1H3,(H2,18,22,23). The second-order valence-corrected chi connectivity index (χ2v) is 9.05. The number of benzene rings is 1. The molecule has 3 rings (SSSR count). The number of nitrogens with zero attached hydrogens (tertiary/aromatic N) is 2. The number of hydrogen-bond donors (Lipinski definition) is 1. The van der Waals surface area contributed by atoms with Gasteiger partial charge in [0.15, 0.2) is 4.80 Å². The molecule has 2 N–H and O–H groups in total. The smallest absolute Gasteiger partial charge is 0.272 e. The molecule has 0 aliphatic carbocycles. The Kier molecular flexibility index (Phi) is 6.02. The Labute approximate surface area is 164 Å². The van der Waals surface area contributed by atoms with E-state index < -0.39 is 15.9 Å². The maximum Gasteiger partial charge on any atom is 0.272 e. The molecule has 1 aromatic carbocycles. The zero-order valence-corrected chi connectivity index (χ0v) is 16.8. The number of sulfonamides is 1. The first kappa shape index (κ1) is 19.6. The highest BCUT2D eigenvalue weighted by Crippen LogP contribution is 2.21. The Morgan fingerprint density at radius 2 is 2.19 bits per heavy atom. The van der Waals surface area contributed by atoms with Crippen molar-refractivity contribution in [3.05, 3.63) is 51.5 Å². The number of fused-ring (bicyclic) bond motifs is 1. The summed E-state index contributed by atoms with van der Waals surface area (Å²) in [6.45, 7) is 0.904. The van der Waals surface area contributed by atoms with Crippen LogP contribution in [0.1, 0.15) is 4.88 Å². The van der Waals surface area contributed by atoms with Crippen LogP contribution >= 0.6 is 22.7 Å². The highest BCUT2D eigenvalue weighted by atomic mass is 32.2. The Morgan fingerprint density at radius 1 is 1.37 bits per heavy atom. The maximum atomic E-state index is 12.2. The van der Waals surface area contributed by atoms with Crippen LogP contribution in [0.5, 0.6) is 0 Å². The summed E-state index contributed by atoms with van der Waals surface area (Å²) in [5, 5.41) is 7.13. The van der Waals surface area contributed by atoms with E-state index >= 15 is 0 Å². The number of rotatable bonds is 6. The molecule has 0 aliphatic heterocycles. The van der Waals surface area contributed by atoms with Crippen LogP contribution in [-0.2, 0) is 26.1 Å². The number of amides is 1. The Morgan fingerprint density at radius 3 is 2.85 bits per heavy atom. The van der Waals surface area contributed by atoms with E-state index in [-0.39, 0.29) is 4.90 Å². The highest BCUT2D eigenvalue weighted by Gasteiger charge is 2.13. The topological polar surface area (TPSA) is 104 Å². The molecule has 0 fully saturated rings. The minimum Gasteiger partial charge on any atom is -0.383 e. The Hall–Kier alpha value is -2.11. The van der Waals surface area contributed by atoms with Crippen molar-refractivity contribution < 1.29 is 17.9 Å². The Bertz CT molecular complexity index is 1160. The number of ether oxygens (including phenoxy) is 1. The van der Waals surface area contributed by atoms with Gasteiger partial charge in [0, 0.05) is 24.6 Å². The van der Waals surface area contributed by atoms with Crippen molar-refractivity contribution in [3.63, 3.8) is 0 Å². The number of hydrogen-bond acceptors (Lipinski definition) is 6. The molecule has 142 valence electrons. The van der Waals surface area contributed by atoms with Gasteiger partial charge in [-0.2, -0.15) is 4.99 Å². The van der Waals surface area contributed by atoms with Gasteiger partial charge in [-0.25, -0.2) is 13.6 Å². The van der Waals surface area contributed by atoms with Gasteiger partial charge in [0.25, 0.3) is 5.91 Å². The lowest BCUT2D eigenvalue weighted by Gasteiger charge is -2.04. The fraction of sp³-hybridized carbons (Fsp3) is 0.176. The first-order chi connectivity index (χ1) is 12.9. The summed E-state index contributed by atoms with van der Waals surface area (Å²) in [5.74, 6) is -0.396. The number of aromatic nitrogens is 1. The fourth-order valence-corrected chi connectivity index (χ4v) is 4.72. The van der Waals surface area contributed by atoms with Crippen LogP contribution < -0.4 is 9.94 Å². The molecule has 27 heavy (non-hydrogen) atoms. The van der Waals surface area contributed by atoms with E-state index in [1.165, 1.54) is 40.9 Å². The molecule has 7 nitrogen and oxygen atoms in total. The summed E-state index contributed by atoms with van der Waals surface area (Å²) in [5.41, 5.74) is 0.762. The summed E-state index contributed by atoms with van der Waals surface area (Å²) in [7, 11) is -2.22. The lowest BCUT2D eigenvalue weighted by molar-refractivity contribution is -0.113. The second kappa shape index (κ2) is 8.28. The number of methoxy groups -OCH3 is 1. The van der Waals surface area contributed by atoms with Gasteiger partial charge in [-0.15, -0.1) is 11.3 Å². The molecule has 0 saturated carbocycles. The van der Waals surface area contributed by atoms with Crippen molar-refractivity contribution in [2.24, 2.45) is 10.1 Å². The highest BCUT2D eigenvalue weighted by molar-refractivity contribution is 7.89.